The second-order valence-electron chi connectivity index (χ2n) is 7.79. The summed E-state index contributed by atoms with van der Waals surface area (Å²) in [6.45, 7) is 14.7. The molecule has 1 unspecified atom stereocenters. The lowest BCUT2D eigenvalue weighted by Crippen LogP contribution is -2.44. The van der Waals surface area contributed by atoms with E-state index in [0.29, 0.717) is 12.0 Å². The molecule has 1 saturated heterocycles. The van der Waals surface area contributed by atoms with E-state index >= 15 is 0 Å². The third kappa shape index (κ3) is 5.12. The summed E-state index contributed by atoms with van der Waals surface area (Å²) in [6, 6.07) is 9.88. The van der Waals surface area contributed by atoms with Crippen LogP contribution in [0.15, 0.2) is 24.3 Å². The van der Waals surface area contributed by atoms with Crippen molar-refractivity contribution in [3.05, 3.63) is 35.4 Å². The van der Waals surface area contributed by atoms with Crippen LogP contribution in [0.25, 0.3) is 0 Å². The first-order valence-corrected chi connectivity index (χ1v) is 8.43. The Morgan fingerprint density at radius 3 is 2.43 bits per heavy atom. The molecule has 21 heavy (non-hydrogen) atoms. The number of rotatable bonds is 5. The molecule has 1 aromatic rings. The van der Waals surface area contributed by atoms with E-state index in [1.807, 2.05) is 0 Å². The smallest absolute Gasteiger partial charge is 0.0237 e. The molecule has 2 nitrogen and oxygen atoms in total. The second kappa shape index (κ2) is 6.93. The van der Waals surface area contributed by atoms with E-state index in [4.69, 9.17) is 0 Å². The van der Waals surface area contributed by atoms with Gasteiger partial charge in [0, 0.05) is 24.7 Å². The molecular formula is C19H32N2. The lowest BCUT2D eigenvalue weighted by molar-refractivity contribution is 0.226. The maximum atomic E-state index is 3.66. The quantitative estimate of drug-likeness (QED) is 0.875. The minimum absolute atomic E-state index is 0.215. The van der Waals surface area contributed by atoms with Gasteiger partial charge in [-0.2, -0.15) is 0 Å². The van der Waals surface area contributed by atoms with Crippen molar-refractivity contribution in [2.75, 3.05) is 13.1 Å². The summed E-state index contributed by atoms with van der Waals surface area (Å²) in [5.74, 6) is 0.620. The largest absolute Gasteiger partial charge is 0.311 e. The van der Waals surface area contributed by atoms with Crippen LogP contribution in [0, 0.1) is 0 Å². The number of likely N-dealkylation sites (tertiary alicyclic amines) is 1. The van der Waals surface area contributed by atoms with E-state index < -0.39 is 0 Å². The third-order valence-electron chi connectivity index (χ3n) is 4.40. The van der Waals surface area contributed by atoms with Crippen LogP contribution < -0.4 is 5.32 Å². The first-order chi connectivity index (χ1) is 9.85. The Bertz CT molecular complexity index is 428. The van der Waals surface area contributed by atoms with Crippen molar-refractivity contribution in [2.45, 2.75) is 71.5 Å². The molecule has 1 aliphatic rings. The maximum Gasteiger partial charge on any atom is 0.0237 e. The SMILES string of the molecule is CC(C)c1ccc(CN2CCCC2CNC(C)(C)C)cc1. The average molecular weight is 288 g/mol. The van der Waals surface area contributed by atoms with E-state index in [1.54, 1.807) is 0 Å². The zero-order valence-electron chi connectivity index (χ0n) is 14.4. The summed E-state index contributed by atoms with van der Waals surface area (Å²) < 4.78 is 0. The molecule has 1 atom stereocenters. The molecule has 1 aliphatic heterocycles. The van der Waals surface area contributed by atoms with Gasteiger partial charge in [-0.1, -0.05) is 38.1 Å². The van der Waals surface area contributed by atoms with Crippen molar-refractivity contribution in [2.24, 2.45) is 0 Å². The lowest BCUT2D eigenvalue weighted by Gasteiger charge is -2.29. The molecule has 118 valence electrons. The summed E-state index contributed by atoms with van der Waals surface area (Å²) in [6.07, 6.45) is 2.66. The van der Waals surface area contributed by atoms with Gasteiger partial charge >= 0.3 is 0 Å². The highest BCUT2D eigenvalue weighted by molar-refractivity contribution is 5.24. The third-order valence-corrected chi connectivity index (χ3v) is 4.40. The summed E-state index contributed by atoms with van der Waals surface area (Å²) in [5, 5.41) is 3.66. The van der Waals surface area contributed by atoms with Crippen LogP contribution in [0.2, 0.25) is 0 Å². The predicted molar refractivity (Wildman–Crippen MR) is 91.7 cm³/mol. The standard InChI is InChI=1S/C19H32N2/c1-15(2)17-10-8-16(9-11-17)14-21-12-6-7-18(21)13-20-19(3,4)5/h8-11,15,18,20H,6-7,12-14H2,1-5H3. The Kier molecular flexibility index (Phi) is 5.45. The van der Waals surface area contributed by atoms with E-state index in [0.717, 1.165) is 13.1 Å². The van der Waals surface area contributed by atoms with E-state index in [1.165, 1.54) is 30.5 Å². The average Bonchev–Trinajstić information content (AvgIpc) is 2.83. The normalized spacial score (nSPS) is 20.4. The Morgan fingerprint density at radius 2 is 1.86 bits per heavy atom. The van der Waals surface area contributed by atoms with Crippen molar-refractivity contribution >= 4 is 0 Å². The van der Waals surface area contributed by atoms with Gasteiger partial charge in [0.15, 0.2) is 0 Å². The van der Waals surface area contributed by atoms with Crippen LogP contribution >= 0.6 is 0 Å². The Balaban J connectivity index is 1.91. The van der Waals surface area contributed by atoms with Gasteiger partial charge < -0.3 is 5.32 Å². The van der Waals surface area contributed by atoms with Crippen LogP contribution in [0.3, 0.4) is 0 Å². The van der Waals surface area contributed by atoms with Crippen molar-refractivity contribution in [1.82, 2.24) is 10.2 Å². The summed E-state index contributed by atoms with van der Waals surface area (Å²) in [5.41, 5.74) is 3.10. The number of benzene rings is 1. The van der Waals surface area contributed by atoms with Gasteiger partial charge in [-0.15, -0.1) is 0 Å². The zero-order chi connectivity index (χ0) is 15.5. The molecule has 0 bridgehead atoms. The minimum Gasteiger partial charge on any atom is -0.311 e. The molecule has 1 fully saturated rings. The van der Waals surface area contributed by atoms with Gasteiger partial charge in [0.25, 0.3) is 0 Å². The fraction of sp³-hybridized carbons (Fsp3) is 0.684. The highest BCUT2D eigenvalue weighted by atomic mass is 15.2. The molecule has 1 N–H and O–H groups in total. The molecule has 2 heteroatoms. The van der Waals surface area contributed by atoms with E-state index in [-0.39, 0.29) is 5.54 Å². The highest BCUT2D eigenvalue weighted by Crippen LogP contribution is 2.21. The number of hydrogen-bond donors (Lipinski definition) is 1. The molecule has 0 amide bonds. The first-order valence-electron chi connectivity index (χ1n) is 8.43. The van der Waals surface area contributed by atoms with Gasteiger partial charge in [0.1, 0.15) is 0 Å². The molecule has 2 rings (SSSR count). The van der Waals surface area contributed by atoms with Crippen LogP contribution in [-0.4, -0.2) is 29.6 Å². The zero-order valence-corrected chi connectivity index (χ0v) is 14.4. The molecule has 0 saturated carbocycles. The fourth-order valence-electron chi connectivity index (χ4n) is 3.00. The molecular weight excluding hydrogens is 256 g/mol. The Morgan fingerprint density at radius 1 is 1.19 bits per heavy atom. The number of nitrogens with one attached hydrogen (secondary N) is 1. The van der Waals surface area contributed by atoms with Gasteiger partial charge in [-0.05, 0) is 57.2 Å². The second-order valence-corrected chi connectivity index (χ2v) is 7.79. The molecule has 0 spiro atoms. The summed E-state index contributed by atoms with van der Waals surface area (Å²) >= 11 is 0. The predicted octanol–water partition coefficient (Wildman–Crippen LogP) is 4.16. The maximum absolute atomic E-state index is 3.66. The van der Waals surface area contributed by atoms with Gasteiger partial charge in [-0.3, -0.25) is 4.90 Å². The van der Waals surface area contributed by atoms with Crippen LogP contribution in [0.1, 0.15) is 64.5 Å². The molecule has 0 aromatic heterocycles. The molecule has 1 heterocycles. The van der Waals surface area contributed by atoms with Crippen molar-refractivity contribution in [3.63, 3.8) is 0 Å². The Hall–Kier alpha value is -0.860. The van der Waals surface area contributed by atoms with E-state index in [9.17, 15) is 0 Å². The first kappa shape index (κ1) is 16.5. The van der Waals surface area contributed by atoms with Crippen LogP contribution in [0.5, 0.6) is 0 Å². The van der Waals surface area contributed by atoms with Crippen molar-refractivity contribution < 1.29 is 0 Å². The topological polar surface area (TPSA) is 15.3 Å². The van der Waals surface area contributed by atoms with Gasteiger partial charge in [0.05, 0.1) is 0 Å². The molecule has 1 aromatic carbocycles. The summed E-state index contributed by atoms with van der Waals surface area (Å²) in [4.78, 5) is 2.64. The van der Waals surface area contributed by atoms with E-state index in [2.05, 4.69) is 69.1 Å². The lowest BCUT2D eigenvalue weighted by atomic mass is 10.0. The number of nitrogens with zero attached hydrogens (tertiary/aromatic N) is 1. The van der Waals surface area contributed by atoms with Crippen LogP contribution in [0.4, 0.5) is 0 Å². The van der Waals surface area contributed by atoms with Crippen LogP contribution in [-0.2, 0) is 6.54 Å². The minimum atomic E-state index is 0.215. The highest BCUT2D eigenvalue weighted by Gasteiger charge is 2.25. The van der Waals surface area contributed by atoms with Crippen molar-refractivity contribution in [1.29, 1.82) is 0 Å². The Labute approximate surface area is 130 Å². The molecule has 0 radical (unpaired) electrons. The van der Waals surface area contributed by atoms with Gasteiger partial charge in [-0.25, -0.2) is 0 Å². The summed E-state index contributed by atoms with van der Waals surface area (Å²) in [7, 11) is 0. The fourth-order valence-corrected chi connectivity index (χ4v) is 3.00. The monoisotopic (exact) mass is 288 g/mol. The van der Waals surface area contributed by atoms with Gasteiger partial charge in [0.2, 0.25) is 0 Å². The van der Waals surface area contributed by atoms with Crippen molar-refractivity contribution in [3.8, 4) is 0 Å². The molecule has 0 aliphatic carbocycles. The number of hydrogen-bond acceptors (Lipinski definition) is 2.